The number of rotatable bonds is 10. The van der Waals surface area contributed by atoms with Gasteiger partial charge in [-0.15, -0.1) is 0 Å². The van der Waals surface area contributed by atoms with E-state index in [4.69, 9.17) is 4.74 Å². The van der Waals surface area contributed by atoms with E-state index in [0.717, 1.165) is 55.0 Å². The van der Waals surface area contributed by atoms with Crippen LogP contribution >= 0.6 is 0 Å². The third kappa shape index (κ3) is 7.31. The topological polar surface area (TPSA) is 32.8 Å². The Hall–Kier alpha value is -3.55. The van der Waals surface area contributed by atoms with E-state index in [1.165, 1.54) is 17.2 Å². The number of ether oxygens (including phenoxy) is 1. The predicted octanol–water partition coefficient (Wildman–Crippen LogP) is 6.97. The minimum Gasteiger partial charge on any atom is -0.466 e. The number of halogens is 4. The number of aryl methyl sites for hydroxylation is 1. The first-order valence-corrected chi connectivity index (χ1v) is 13.3. The van der Waals surface area contributed by atoms with Crippen LogP contribution in [0.4, 0.5) is 28.9 Å². The zero-order valence-corrected chi connectivity index (χ0v) is 22.4. The molecule has 4 nitrogen and oxygen atoms in total. The molecule has 0 atom stereocenters. The van der Waals surface area contributed by atoms with Gasteiger partial charge in [-0.05, 0) is 85.2 Å². The van der Waals surface area contributed by atoms with E-state index < -0.39 is 11.7 Å². The molecule has 0 saturated carbocycles. The fraction of sp³-hybridized carbons (Fsp3) is 0.387. The van der Waals surface area contributed by atoms with Crippen LogP contribution in [0.5, 0.6) is 0 Å². The number of fused-ring (bicyclic) bond motifs is 1. The van der Waals surface area contributed by atoms with Crippen molar-refractivity contribution in [1.82, 2.24) is 0 Å². The van der Waals surface area contributed by atoms with Crippen LogP contribution in [-0.4, -0.2) is 32.7 Å². The Bertz CT molecular complexity index is 1270. The maximum atomic E-state index is 14.8. The second kappa shape index (κ2) is 12.5. The molecule has 0 spiro atoms. The van der Waals surface area contributed by atoms with Gasteiger partial charge in [0, 0.05) is 44.5 Å². The Morgan fingerprint density at radius 2 is 1.79 bits per heavy atom. The van der Waals surface area contributed by atoms with E-state index in [2.05, 4.69) is 17.0 Å². The van der Waals surface area contributed by atoms with Crippen molar-refractivity contribution < 1.29 is 27.1 Å². The molecular weight excluding hydrogens is 508 g/mol. The average Bonchev–Trinajstić information content (AvgIpc) is 2.91. The molecule has 39 heavy (non-hydrogen) atoms. The molecule has 3 aromatic carbocycles. The molecule has 1 heterocycles. The standard InChI is InChI=1S/C31H34F4N2O2/c1-3-39-30(38)16-12-23-11-15-26(20-28(23)32)36(2)21-24-6-4-8-29-27(24)7-5-18-37(29)19-17-22-9-13-25(14-10-22)31(33,34)35/h4,6,8-11,13-15,20H,3,5,7,12,16-19,21H2,1-2H3. The van der Waals surface area contributed by atoms with E-state index >= 15 is 0 Å². The van der Waals surface area contributed by atoms with Gasteiger partial charge < -0.3 is 14.5 Å². The summed E-state index contributed by atoms with van der Waals surface area (Å²) in [6.07, 6.45) is -1.30. The van der Waals surface area contributed by atoms with E-state index in [0.29, 0.717) is 31.6 Å². The summed E-state index contributed by atoms with van der Waals surface area (Å²) in [6, 6.07) is 16.7. The lowest BCUT2D eigenvalue weighted by atomic mass is 9.95. The molecule has 1 aliphatic rings. The van der Waals surface area contributed by atoms with Crippen molar-refractivity contribution in [2.24, 2.45) is 0 Å². The molecule has 0 unspecified atom stereocenters. The Kier molecular flexibility index (Phi) is 9.15. The second-order valence-corrected chi connectivity index (χ2v) is 9.89. The second-order valence-electron chi connectivity index (χ2n) is 9.89. The molecular formula is C31H34F4N2O2. The zero-order chi connectivity index (χ0) is 28.0. The van der Waals surface area contributed by atoms with Gasteiger partial charge in [-0.2, -0.15) is 13.2 Å². The van der Waals surface area contributed by atoms with Gasteiger partial charge in [0.15, 0.2) is 0 Å². The van der Waals surface area contributed by atoms with Crippen LogP contribution in [0.15, 0.2) is 60.7 Å². The van der Waals surface area contributed by atoms with Gasteiger partial charge in [0.25, 0.3) is 0 Å². The van der Waals surface area contributed by atoms with Gasteiger partial charge in [-0.25, -0.2) is 4.39 Å². The number of nitrogens with zero attached hydrogens (tertiary/aromatic N) is 2. The lowest BCUT2D eigenvalue weighted by Crippen LogP contribution is -2.32. The van der Waals surface area contributed by atoms with Crippen molar-refractivity contribution in [3.63, 3.8) is 0 Å². The van der Waals surface area contributed by atoms with Gasteiger partial charge in [0.2, 0.25) is 0 Å². The Balaban J connectivity index is 1.41. The molecule has 8 heteroatoms. The fourth-order valence-corrected chi connectivity index (χ4v) is 5.07. The number of carbonyl (C=O) groups is 1. The molecule has 0 bridgehead atoms. The van der Waals surface area contributed by atoms with Gasteiger partial charge in [0.05, 0.1) is 12.2 Å². The van der Waals surface area contributed by atoms with E-state index in [1.807, 2.05) is 24.1 Å². The maximum absolute atomic E-state index is 14.8. The van der Waals surface area contributed by atoms with Crippen molar-refractivity contribution in [3.05, 3.63) is 94.3 Å². The van der Waals surface area contributed by atoms with Gasteiger partial charge in [-0.1, -0.05) is 30.3 Å². The van der Waals surface area contributed by atoms with Crippen LogP contribution in [-0.2, 0) is 41.5 Å². The van der Waals surface area contributed by atoms with Gasteiger partial charge in [0.1, 0.15) is 5.82 Å². The summed E-state index contributed by atoms with van der Waals surface area (Å²) >= 11 is 0. The quantitative estimate of drug-likeness (QED) is 0.205. The summed E-state index contributed by atoms with van der Waals surface area (Å²) in [6.45, 7) is 4.28. The fourth-order valence-electron chi connectivity index (χ4n) is 5.07. The lowest BCUT2D eigenvalue weighted by Gasteiger charge is -2.33. The molecule has 0 fully saturated rings. The summed E-state index contributed by atoms with van der Waals surface area (Å²) in [5.74, 6) is -0.673. The van der Waals surface area contributed by atoms with Crippen molar-refractivity contribution in [2.45, 2.75) is 51.7 Å². The first-order valence-electron chi connectivity index (χ1n) is 13.3. The van der Waals surface area contributed by atoms with Crippen LogP contribution in [0.1, 0.15) is 47.6 Å². The Morgan fingerprint density at radius 3 is 2.49 bits per heavy atom. The molecule has 208 valence electrons. The number of anilines is 2. The first-order chi connectivity index (χ1) is 18.7. The number of carbonyl (C=O) groups excluding carboxylic acids is 1. The molecule has 0 aliphatic carbocycles. The molecule has 0 N–H and O–H groups in total. The minimum absolute atomic E-state index is 0.144. The SMILES string of the molecule is CCOC(=O)CCc1ccc(N(C)Cc2cccc3c2CCCN3CCc2ccc(C(F)(F)F)cc2)cc1F. The summed E-state index contributed by atoms with van der Waals surface area (Å²) in [5.41, 5.74) is 5.06. The van der Waals surface area contributed by atoms with Crippen molar-refractivity contribution in [3.8, 4) is 0 Å². The highest BCUT2D eigenvalue weighted by Crippen LogP contribution is 2.32. The maximum Gasteiger partial charge on any atom is 0.416 e. The third-order valence-electron chi connectivity index (χ3n) is 7.18. The summed E-state index contributed by atoms with van der Waals surface area (Å²) in [7, 11) is 1.93. The van der Waals surface area contributed by atoms with E-state index in [1.54, 1.807) is 25.1 Å². The monoisotopic (exact) mass is 542 g/mol. The van der Waals surface area contributed by atoms with Crippen LogP contribution in [0.2, 0.25) is 0 Å². The summed E-state index contributed by atoms with van der Waals surface area (Å²) in [4.78, 5) is 15.9. The van der Waals surface area contributed by atoms with Crippen LogP contribution < -0.4 is 9.80 Å². The van der Waals surface area contributed by atoms with Crippen molar-refractivity contribution in [1.29, 1.82) is 0 Å². The number of hydrogen-bond donors (Lipinski definition) is 0. The van der Waals surface area contributed by atoms with Crippen molar-refractivity contribution >= 4 is 17.3 Å². The number of alkyl halides is 3. The number of hydrogen-bond acceptors (Lipinski definition) is 4. The third-order valence-corrected chi connectivity index (χ3v) is 7.18. The van der Waals surface area contributed by atoms with Crippen LogP contribution in [0, 0.1) is 5.82 Å². The van der Waals surface area contributed by atoms with Gasteiger partial charge in [-0.3, -0.25) is 4.79 Å². The largest absolute Gasteiger partial charge is 0.466 e. The summed E-state index contributed by atoms with van der Waals surface area (Å²) in [5, 5.41) is 0. The Morgan fingerprint density at radius 1 is 1.03 bits per heavy atom. The normalized spacial score (nSPS) is 13.2. The molecule has 1 aliphatic heterocycles. The van der Waals surface area contributed by atoms with Crippen molar-refractivity contribution in [2.75, 3.05) is 36.5 Å². The predicted molar refractivity (Wildman–Crippen MR) is 146 cm³/mol. The van der Waals surface area contributed by atoms with Gasteiger partial charge >= 0.3 is 12.1 Å². The first kappa shape index (κ1) is 28.5. The summed E-state index contributed by atoms with van der Waals surface area (Å²) < 4.78 is 58.3. The molecule has 0 radical (unpaired) electrons. The van der Waals surface area contributed by atoms with E-state index in [-0.39, 0.29) is 18.2 Å². The highest BCUT2D eigenvalue weighted by atomic mass is 19.4. The van der Waals surface area contributed by atoms with Crippen LogP contribution in [0.3, 0.4) is 0 Å². The zero-order valence-electron chi connectivity index (χ0n) is 22.4. The lowest BCUT2D eigenvalue weighted by molar-refractivity contribution is -0.143. The number of esters is 1. The molecule has 4 rings (SSSR count). The average molecular weight is 543 g/mol. The highest BCUT2D eigenvalue weighted by molar-refractivity contribution is 5.69. The Labute approximate surface area is 227 Å². The van der Waals surface area contributed by atoms with E-state index in [9.17, 15) is 22.4 Å². The molecule has 0 amide bonds. The molecule has 0 aromatic heterocycles. The van der Waals surface area contributed by atoms with Crippen LogP contribution in [0.25, 0.3) is 0 Å². The molecule has 0 saturated heterocycles. The smallest absolute Gasteiger partial charge is 0.416 e. The number of benzene rings is 3. The highest BCUT2D eigenvalue weighted by Gasteiger charge is 2.30. The molecule has 3 aromatic rings. The minimum atomic E-state index is -4.33.